The van der Waals surface area contributed by atoms with Crippen LogP contribution in [0.25, 0.3) is 0 Å². The van der Waals surface area contributed by atoms with Gasteiger partial charge in [-0.2, -0.15) is 0 Å². The van der Waals surface area contributed by atoms with Crippen LogP contribution in [-0.4, -0.2) is 30.0 Å². The molecule has 1 aliphatic rings. The number of nitrogens with zero attached hydrogens (tertiary/aromatic N) is 2. The number of nitro groups is 1. The summed E-state index contributed by atoms with van der Waals surface area (Å²) in [6, 6.07) is 12.1. The third-order valence-electron chi connectivity index (χ3n) is 3.86. The highest BCUT2D eigenvalue weighted by Gasteiger charge is 2.21. The van der Waals surface area contributed by atoms with Crippen LogP contribution in [-0.2, 0) is 9.59 Å². The van der Waals surface area contributed by atoms with Gasteiger partial charge in [0.15, 0.2) is 6.61 Å². The summed E-state index contributed by atoms with van der Waals surface area (Å²) in [5.74, 6) is 0.149. The molecule has 0 aromatic heterocycles. The number of carbonyl (C=O) groups excluding carboxylic acids is 2. The summed E-state index contributed by atoms with van der Waals surface area (Å²) in [6.45, 7) is 0.402. The Bertz CT molecular complexity index is 817. The number of esters is 1. The van der Waals surface area contributed by atoms with E-state index in [4.69, 9.17) is 9.47 Å². The van der Waals surface area contributed by atoms with Gasteiger partial charge >= 0.3 is 5.97 Å². The molecule has 0 unspecified atom stereocenters. The lowest BCUT2D eigenvalue weighted by atomic mass is 10.3. The third-order valence-corrected chi connectivity index (χ3v) is 3.86. The molecule has 8 nitrogen and oxygen atoms in total. The molecule has 0 N–H and O–H groups in total. The highest BCUT2D eigenvalue weighted by molar-refractivity contribution is 5.95. The Morgan fingerprint density at radius 1 is 1.08 bits per heavy atom. The van der Waals surface area contributed by atoms with Crippen LogP contribution < -0.4 is 14.4 Å². The van der Waals surface area contributed by atoms with Crippen LogP contribution in [0, 0.1) is 10.1 Å². The van der Waals surface area contributed by atoms with E-state index in [1.807, 2.05) is 0 Å². The van der Waals surface area contributed by atoms with Gasteiger partial charge in [-0.15, -0.1) is 0 Å². The number of hydrogen-bond acceptors (Lipinski definition) is 6. The number of benzene rings is 2. The van der Waals surface area contributed by atoms with E-state index in [1.165, 1.54) is 24.3 Å². The second-order valence-corrected chi connectivity index (χ2v) is 5.66. The predicted octanol–water partition coefficient (Wildman–Crippen LogP) is 2.71. The first kappa shape index (κ1) is 17.4. The van der Waals surface area contributed by atoms with Crippen molar-refractivity contribution in [3.8, 4) is 11.5 Å². The highest BCUT2D eigenvalue weighted by Crippen LogP contribution is 2.24. The number of ether oxygens (including phenoxy) is 2. The fourth-order valence-corrected chi connectivity index (χ4v) is 2.58. The minimum atomic E-state index is -0.627. The van der Waals surface area contributed by atoms with E-state index in [2.05, 4.69) is 0 Å². The van der Waals surface area contributed by atoms with Gasteiger partial charge in [-0.25, -0.2) is 4.79 Å². The fraction of sp³-hybridized carbons (Fsp3) is 0.222. The van der Waals surface area contributed by atoms with Crippen molar-refractivity contribution in [2.75, 3.05) is 18.1 Å². The van der Waals surface area contributed by atoms with Crippen molar-refractivity contribution in [3.05, 3.63) is 58.6 Å². The van der Waals surface area contributed by atoms with E-state index >= 15 is 0 Å². The second-order valence-electron chi connectivity index (χ2n) is 5.66. The quantitative estimate of drug-likeness (QED) is 0.341. The molecule has 1 fully saturated rings. The van der Waals surface area contributed by atoms with Gasteiger partial charge in [0.1, 0.15) is 11.5 Å². The summed E-state index contributed by atoms with van der Waals surface area (Å²) in [5, 5.41) is 10.6. The summed E-state index contributed by atoms with van der Waals surface area (Å²) >= 11 is 0. The van der Waals surface area contributed by atoms with Gasteiger partial charge in [-0.3, -0.25) is 14.9 Å². The molecule has 0 radical (unpaired) electrons. The van der Waals surface area contributed by atoms with Crippen molar-refractivity contribution < 1.29 is 24.0 Å². The molecule has 1 aliphatic heterocycles. The van der Waals surface area contributed by atoms with E-state index in [0.29, 0.717) is 18.7 Å². The number of rotatable bonds is 6. The van der Waals surface area contributed by atoms with Crippen LogP contribution >= 0.6 is 0 Å². The Kier molecular flexibility index (Phi) is 5.12. The summed E-state index contributed by atoms with van der Waals surface area (Å²) < 4.78 is 10.4. The lowest BCUT2D eigenvalue weighted by Crippen LogP contribution is -2.23. The Morgan fingerprint density at radius 3 is 2.31 bits per heavy atom. The first-order valence-corrected chi connectivity index (χ1v) is 8.01. The number of anilines is 1. The third kappa shape index (κ3) is 4.15. The van der Waals surface area contributed by atoms with E-state index in [-0.39, 0.29) is 24.0 Å². The minimum Gasteiger partial charge on any atom is -0.482 e. The predicted molar refractivity (Wildman–Crippen MR) is 92.3 cm³/mol. The molecular formula is C18H16N2O6. The van der Waals surface area contributed by atoms with Crippen LogP contribution in [0.2, 0.25) is 0 Å². The SMILES string of the molecule is O=C(COc1ccc(N2CCCC2=O)cc1)Oc1ccc([N+](=O)[O-])cc1. The van der Waals surface area contributed by atoms with Crippen LogP contribution in [0.4, 0.5) is 11.4 Å². The summed E-state index contributed by atoms with van der Waals surface area (Å²) in [4.78, 5) is 35.2. The lowest BCUT2D eigenvalue weighted by Gasteiger charge is -2.16. The molecule has 1 heterocycles. The van der Waals surface area contributed by atoms with Gasteiger partial charge in [0.05, 0.1) is 4.92 Å². The standard InChI is InChI=1S/C18H16N2O6/c21-17-2-1-11-19(17)13-3-7-15(8-4-13)25-12-18(22)26-16-9-5-14(6-10-16)20(23)24/h3-10H,1-2,11-12H2. The van der Waals surface area contributed by atoms with Gasteiger partial charge < -0.3 is 14.4 Å². The molecule has 0 bridgehead atoms. The van der Waals surface area contributed by atoms with Gasteiger partial charge in [0, 0.05) is 30.8 Å². The summed E-state index contributed by atoms with van der Waals surface area (Å²) in [7, 11) is 0. The smallest absolute Gasteiger partial charge is 0.349 e. The van der Waals surface area contributed by atoms with Crippen molar-refractivity contribution in [2.45, 2.75) is 12.8 Å². The Morgan fingerprint density at radius 2 is 1.73 bits per heavy atom. The maximum absolute atomic E-state index is 11.8. The van der Waals surface area contributed by atoms with Crippen LogP contribution in [0.3, 0.4) is 0 Å². The maximum Gasteiger partial charge on any atom is 0.349 e. The lowest BCUT2D eigenvalue weighted by molar-refractivity contribution is -0.384. The molecule has 134 valence electrons. The molecule has 0 atom stereocenters. The Labute approximate surface area is 149 Å². The number of nitro benzene ring substituents is 1. The molecule has 8 heteroatoms. The monoisotopic (exact) mass is 356 g/mol. The largest absolute Gasteiger partial charge is 0.482 e. The first-order valence-electron chi connectivity index (χ1n) is 8.01. The molecule has 1 saturated heterocycles. The van der Waals surface area contributed by atoms with Gasteiger partial charge in [0.25, 0.3) is 5.69 Å². The average molecular weight is 356 g/mol. The van der Waals surface area contributed by atoms with E-state index in [0.717, 1.165) is 12.1 Å². The zero-order valence-corrected chi connectivity index (χ0v) is 13.8. The maximum atomic E-state index is 11.8. The second kappa shape index (κ2) is 7.64. The van der Waals surface area contributed by atoms with Crippen LogP contribution in [0.15, 0.2) is 48.5 Å². The van der Waals surface area contributed by atoms with Crippen molar-refractivity contribution in [1.29, 1.82) is 0 Å². The molecule has 0 saturated carbocycles. The van der Waals surface area contributed by atoms with Crippen LogP contribution in [0.5, 0.6) is 11.5 Å². The molecule has 2 aromatic carbocycles. The Balaban J connectivity index is 1.51. The van der Waals surface area contributed by atoms with Crippen molar-refractivity contribution in [3.63, 3.8) is 0 Å². The minimum absolute atomic E-state index is 0.0855. The fourth-order valence-electron chi connectivity index (χ4n) is 2.58. The highest BCUT2D eigenvalue weighted by atomic mass is 16.6. The summed E-state index contributed by atoms with van der Waals surface area (Å²) in [5.41, 5.74) is 0.714. The zero-order valence-electron chi connectivity index (χ0n) is 13.8. The van der Waals surface area contributed by atoms with Crippen molar-refractivity contribution in [2.24, 2.45) is 0 Å². The van der Waals surface area contributed by atoms with Gasteiger partial charge in [-0.05, 0) is 42.8 Å². The van der Waals surface area contributed by atoms with Crippen molar-refractivity contribution >= 4 is 23.3 Å². The van der Waals surface area contributed by atoms with Crippen LogP contribution in [0.1, 0.15) is 12.8 Å². The number of amides is 1. The molecule has 26 heavy (non-hydrogen) atoms. The molecule has 0 spiro atoms. The number of carbonyl (C=O) groups is 2. The van der Waals surface area contributed by atoms with Gasteiger partial charge in [-0.1, -0.05) is 0 Å². The number of hydrogen-bond donors (Lipinski definition) is 0. The van der Waals surface area contributed by atoms with Gasteiger partial charge in [0.2, 0.25) is 5.91 Å². The first-order chi connectivity index (χ1) is 12.5. The average Bonchev–Trinajstić information content (AvgIpc) is 3.07. The van der Waals surface area contributed by atoms with Crippen molar-refractivity contribution in [1.82, 2.24) is 0 Å². The molecule has 0 aliphatic carbocycles. The van der Waals surface area contributed by atoms with E-state index in [9.17, 15) is 19.7 Å². The zero-order chi connectivity index (χ0) is 18.5. The molecule has 1 amide bonds. The number of non-ortho nitro benzene ring substituents is 1. The normalized spacial score (nSPS) is 13.5. The van der Waals surface area contributed by atoms with E-state index < -0.39 is 10.9 Å². The molecule has 2 aromatic rings. The molecular weight excluding hydrogens is 340 g/mol. The topological polar surface area (TPSA) is 99.0 Å². The summed E-state index contributed by atoms with van der Waals surface area (Å²) in [6.07, 6.45) is 1.41. The Hall–Kier alpha value is -3.42. The van der Waals surface area contributed by atoms with E-state index in [1.54, 1.807) is 29.2 Å². The molecule has 3 rings (SSSR count).